The minimum Gasteiger partial charge on any atom is -0.370 e. The number of anilines is 1. The number of carbonyl (C=O) groups is 1. The molecule has 5 nitrogen and oxygen atoms in total. The van der Waals surface area contributed by atoms with Gasteiger partial charge in [-0.2, -0.15) is 0 Å². The Morgan fingerprint density at radius 1 is 1.09 bits per heavy atom. The van der Waals surface area contributed by atoms with Gasteiger partial charge in [-0.15, -0.1) is 11.3 Å². The minimum atomic E-state index is -0.230. The van der Waals surface area contributed by atoms with Gasteiger partial charge in [-0.25, -0.2) is 9.97 Å². The summed E-state index contributed by atoms with van der Waals surface area (Å²) in [5.74, 6) is 0.907. The molecule has 0 atom stereocenters. The lowest BCUT2D eigenvalue weighted by Crippen LogP contribution is -2.31. The average molecular weight is 462 g/mol. The van der Waals surface area contributed by atoms with Gasteiger partial charge in [-0.05, 0) is 31.5 Å². The van der Waals surface area contributed by atoms with E-state index in [2.05, 4.69) is 19.2 Å². The van der Waals surface area contributed by atoms with Gasteiger partial charge in [-0.3, -0.25) is 4.79 Å². The summed E-state index contributed by atoms with van der Waals surface area (Å²) < 4.78 is 6.03. The number of thiophene rings is 1. The lowest BCUT2D eigenvalue weighted by molar-refractivity contribution is -0.113. The Bertz CT molecular complexity index is 1270. The minimum absolute atomic E-state index is 0.0537. The summed E-state index contributed by atoms with van der Waals surface area (Å²) in [7, 11) is 0. The third kappa shape index (κ3) is 4.41. The number of nitrogens with one attached hydrogen (secondary N) is 1. The molecule has 5 rings (SSSR count). The molecule has 1 aliphatic heterocycles. The zero-order chi connectivity index (χ0) is 22.1. The fraction of sp³-hybridized carbons (Fsp3) is 0.240. The molecule has 7 heteroatoms. The first-order valence-corrected chi connectivity index (χ1v) is 12.3. The van der Waals surface area contributed by atoms with Crippen LogP contribution in [0.15, 0.2) is 65.7 Å². The van der Waals surface area contributed by atoms with Gasteiger partial charge >= 0.3 is 0 Å². The van der Waals surface area contributed by atoms with E-state index in [1.807, 2.05) is 60.7 Å². The number of carbonyl (C=O) groups excluding carboxylic acids is 1. The van der Waals surface area contributed by atoms with Crippen molar-refractivity contribution in [2.45, 2.75) is 37.5 Å². The normalized spacial score (nSPS) is 14.8. The molecule has 1 aliphatic rings. The van der Waals surface area contributed by atoms with E-state index in [0.717, 1.165) is 32.9 Å². The van der Waals surface area contributed by atoms with Crippen LogP contribution in [0.25, 0.3) is 21.6 Å². The Morgan fingerprint density at radius 3 is 2.56 bits per heavy atom. The van der Waals surface area contributed by atoms with Gasteiger partial charge in [-0.1, -0.05) is 60.3 Å². The lowest BCUT2D eigenvalue weighted by atomic mass is 9.94. The monoisotopic (exact) mass is 461 g/mol. The van der Waals surface area contributed by atoms with Gasteiger partial charge in [0.1, 0.15) is 9.86 Å². The van der Waals surface area contributed by atoms with Crippen molar-refractivity contribution in [3.63, 3.8) is 0 Å². The summed E-state index contributed by atoms with van der Waals surface area (Å²) in [5.41, 5.74) is 2.79. The van der Waals surface area contributed by atoms with E-state index >= 15 is 0 Å². The van der Waals surface area contributed by atoms with Crippen LogP contribution in [0.1, 0.15) is 24.3 Å². The third-order valence-corrected chi connectivity index (χ3v) is 7.40. The number of rotatable bonds is 5. The van der Waals surface area contributed by atoms with Crippen molar-refractivity contribution in [3.8, 4) is 11.4 Å². The number of nitrogens with zero attached hydrogens (tertiary/aromatic N) is 2. The van der Waals surface area contributed by atoms with Gasteiger partial charge < -0.3 is 10.1 Å². The van der Waals surface area contributed by atoms with Crippen LogP contribution in [0.2, 0.25) is 0 Å². The molecule has 162 valence electrons. The predicted molar refractivity (Wildman–Crippen MR) is 131 cm³/mol. The summed E-state index contributed by atoms with van der Waals surface area (Å²) in [6.45, 7) is 4.81. The number of aromatic nitrogens is 2. The highest BCUT2D eigenvalue weighted by Gasteiger charge is 2.31. The highest BCUT2D eigenvalue weighted by Crippen LogP contribution is 2.42. The Kier molecular flexibility index (Phi) is 5.71. The van der Waals surface area contributed by atoms with E-state index in [4.69, 9.17) is 14.7 Å². The molecule has 2 aromatic heterocycles. The van der Waals surface area contributed by atoms with Crippen molar-refractivity contribution in [2.75, 3.05) is 11.1 Å². The fourth-order valence-electron chi connectivity index (χ4n) is 3.78. The van der Waals surface area contributed by atoms with Crippen molar-refractivity contribution in [1.29, 1.82) is 0 Å². The van der Waals surface area contributed by atoms with Crippen LogP contribution in [0.4, 0.5) is 5.69 Å². The van der Waals surface area contributed by atoms with Crippen LogP contribution in [0.3, 0.4) is 0 Å². The Balaban J connectivity index is 1.51. The molecular formula is C25H23N3O2S2. The number of hydrogen-bond acceptors (Lipinski definition) is 6. The van der Waals surface area contributed by atoms with Crippen LogP contribution in [-0.4, -0.2) is 27.2 Å². The number of para-hydroxylation sites is 1. The largest absolute Gasteiger partial charge is 0.370 e. The Hall–Kier alpha value is -2.74. The maximum Gasteiger partial charge on any atom is 0.234 e. The smallest absolute Gasteiger partial charge is 0.234 e. The van der Waals surface area contributed by atoms with E-state index in [9.17, 15) is 4.79 Å². The van der Waals surface area contributed by atoms with E-state index in [1.54, 1.807) is 11.3 Å². The van der Waals surface area contributed by atoms with E-state index in [1.165, 1.54) is 22.2 Å². The van der Waals surface area contributed by atoms with Crippen LogP contribution in [-0.2, 0) is 22.6 Å². The van der Waals surface area contributed by atoms with Gasteiger partial charge in [0.05, 0.1) is 18.0 Å². The SMILES string of the molecule is CC1(C)Cc2c(sc3nc(-c4ccccc4)nc(SCC(=O)Nc4ccccc4)c23)CO1. The van der Waals surface area contributed by atoms with Crippen molar-refractivity contribution in [2.24, 2.45) is 0 Å². The first kappa shape index (κ1) is 21.1. The topological polar surface area (TPSA) is 64.1 Å². The number of amides is 1. The molecular weight excluding hydrogens is 438 g/mol. The first-order chi connectivity index (χ1) is 15.5. The molecule has 4 aromatic rings. The number of thioether (sulfide) groups is 1. The van der Waals surface area contributed by atoms with E-state index < -0.39 is 0 Å². The Labute approximate surface area is 195 Å². The zero-order valence-electron chi connectivity index (χ0n) is 17.9. The Morgan fingerprint density at radius 2 is 1.81 bits per heavy atom. The molecule has 0 fully saturated rings. The van der Waals surface area contributed by atoms with Gasteiger partial charge in [0.25, 0.3) is 0 Å². The standard InChI is InChI=1S/C25H23N3O2S2/c1-25(2)13-18-19(14-30-25)32-24-21(18)23(27-22(28-24)16-9-5-3-6-10-16)31-15-20(29)26-17-11-7-4-8-12-17/h3-12H,13-15H2,1-2H3,(H,26,29). The summed E-state index contributed by atoms with van der Waals surface area (Å²) in [4.78, 5) is 24.6. The van der Waals surface area contributed by atoms with Crippen LogP contribution >= 0.6 is 23.1 Å². The van der Waals surface area contributed by atoms with E-state index in [0.29, 0.717) is 12.4 Å². The maximum absolute atomic E-state index is 12.6. The van der Waals surface area contributed by atoms with E-state index in [-0.39, 0.29) is 17.3 Å². The molecule has 0 unspecified atom stereocenters. The summed E-state index contributed by atoms with van der Waals surface area (Å²) in [6.07, 6.45) is 0.806. The van der Waals surface area contributed by atoms with Crippen LogP contribution < -0.4 is 5.32 Å². The van der Waals surface area contributed by atoms with Crippen molar-refractivity contribution in [1.82, 2.24) is 9.97 Å². The summed E-state index contributed by atoms with van der Waals surface area (Å²) in [6, 6.07) is 19.5. The molecule has 1 amide bonds. The number of ether oxygens (including phenoxy) is 1. The first-order valence-electron chi connectivity index (χ1n) is 10.5. The maximum atomic E-state index is 12.6. The van der Waals surface area contributed by atoms with Gasteiger partial charge in [0, 0.05) is 27.9 Å². The molecule has 3 heterocycles. The second kappa shape index (κ2) is 8.65. The molecule has 0 radical (unpaired) electrons. The van der Waals surface area contributed by atoms with Gasteiger partial charge in [0.15, 0.2) is 5.82 Å². The fourth-order valence-corrected chi connectivity index (χ4v) is 5.81. The second-order valence-corrected chi connectivity index (χ2v) is 10.4. The highest BCUT2D eigenvalue weighted by atomic mass is 32.2. The summed E-state index contributed by atoms with van der Waals surface area (Å²) in [5, 5.41) is 4.88. The second-order valence-electron chi connectivity index (χ2n) is 8.33. The molecule has 0 bridgehead atoms. The van der Waals surface area contributed by atoms with Crippen molar-refractivity contribution < 1.29 is 9.53 Å². The highest BCUT2D eigenvalue weighted by molar-refractivity contribution is 8.00. The average Bonchev–Trinajstić information content (AvgIpc) is 3.15. The molecule has 2 aromatic carbocycles. The van der Waals surface area contributed by atoms with Crippen LogP contribution in [0, 0.1) is 0 Å². The number of benzene rings is 2. The molecule has 0 aliphatic carbocycles. The van der Waals surface area contributed by atoms with Crippen LogP contribution in [0.5, 0.6) is 0 Å². The molecule has 0 saturated heterocycles. The molecule has 0 saturated carbocycles. The lowest BCUT2D eigenvalue weighted by Gasteiger charge is -2.30. The third-order valence-electron chi connectivity index (χ3n) is 5.33. The predicted octanol–water partition coefficient (Wildman–Crippen LogP) is 5.94. The van der Waals surface area contributed by atoms with Crippen molar-refractivity contribution >= 4 is 44.9 Å². The molecule has 32 heavy (non-hydrogen) atoms. The quantitative estimate of drug-likeness (QED) is 0.294. The number of fused-ring (bicyclic) bond motifs is 3. The molecule has 0 spiro atoms. The van der Waals surface area contributed by atoms with Crippen molar-refractivity contribution in [3.05, 3.63) is 71.1 Å². The van der Waals surface area contributed by atoms with Gasteiger partial charge in [0.2, 0.25) is 5.91 Å². The molecule has 1 N–H and O–H groups in total. The number of hydrogen-bond donors (Lipinski definition) is 1. The zero-order valence-corrected chi connectivity index (χ0v) is 19.6. The summed E-state index contributed by atoms with van der Waals surface area (Å²) >= 11 is 3.14.